The molecule has 0 saturated heterocycles. The Morgan fingerprint density at radius 3 is 1.12 bits per heavy atom. The predicted octanol–water partition coefficient (Wildman–Crippen LogP) is 14.4. The number of carbonyl (C=O) groups is 8. The van der Waals surface area contributed by atoms with Crippen molar-refractivity contribution in [2.45, 2.75) is 260 Å². The van der Waals surface area contributed by atoms with Crippen molar-refractivity contribution >= 4 is 64.3 Å². The third kappa shape index (κ3) is 31.9. The van der Waals surface area contributed by atoms with E-state index in [1.165, 1.54) is 27.9 Å². The molecule has 106 heavy (non-hydrogen) atoms. The minimum absolute atomic E-state index is 0.0226. The highest BCUT2D eigenvalue weighted by molar-refractivity contribution is 6.74. The van der Waals surface area contributed by atoms with Gasteiger partial charge in [-0.05, 0) is 146 Å². The summed E-state index contributed by atoms with van der Waals surface area (Å²) in [6.45, 7) is 40.9. The van der Waals surface area contributed by atoms with Crippen molar-refractivity contribution in [3.63, 3.8) is 0 Å². The maximum Gasteiger partial charge on any atom is 0.408 e. The summed E-state index contributed by atoms with van der Waals surface area (Å²) in [7, 11) is -3.14. The van der Waals surface area contributed by atoms with E-state index in [-0.39, 0.29) is 41.5 Å². The molecule has 0 radical (unpaired) electrons. The van der Waals surface area contributed by atoms with Crippen LogP contribution in [0.4, 0.5) is 4.79 Å². The number of nitrogens with two attached hydrogens (primary N) is 1. The summed E-state index contributed by atoms with van der Waals surface area (Å²) in [4.78, 5) is 102. The SMILES string of the molecule is CC(=O)O[C@H](C)[C@H](N)C(=O)O[C@@H](C)[C@H](OC(=O)C(C)C)[C@@H](Cc1ccccc1)C(=O)OCc1ccccc1.CO[C@@H](C)C(NC(=O)OC(C)(C)C)C(=O)O[C@@H](C)[C@H](O[Si](C)(C)C(C)(C)C)[C@@H](Cc1ccccc1)C(C)=O.C[C@H](O)[C@H](O[Si](C)(C)C(C)(C)C)[C@@H](Cc1ccccc1)C(=O)OCc1ccccc1. The van der Waals surface area contributed by atoms with Gasteiger partial charge in [0.15, 0.2) is 28.8 Å². The van der Waals surface area contributed by atoms with E-state index in [1.807, 2.05) is 152 Å². The van der Waals surface area contributed by atoms with Crippen molar-refractivity contribution in [3.8, 4) is 0 Å². The lowest BCUT2D eigenvalue weighted by molar-refractivity contribution is -0.182. The van der Waals surface area contributed by atoms with Gasteiger partial charge in [-0.3, -0.25) is 28.8 Å². The second-order valence-corrected chi connectivity index (χ2v) is 40.9. The fourth-order valence-electron chi connectivity index (χ4n) is 10.4. The summed E-state index contributed by atoms with van der Waals surface area (Å²) in [5.74, 6) is -6.33. The second kappa shape index (κ2) is 43.2. The van der Waals surface area contributed by atoms with Gasteiger partial charge in [-0.1, -0.05) is 207 Å². The number of Topliss-reactive ketones (excluding diaryl/α,β-unsaturated/α-hetero) is 1. The number of alkyl carbamates (subject to hydrolysis) is 1. The number of rotatable bonds is 34. The number of ether oxygens (including phenoxy) is 8. The Hall–Kier alpha value is -7.91. The molecule has 21 nitrogen and oxygen atoms in total. The lowest BCUT2D eigenvalue weighted by Crippen LogP contribution is -2.54. The average Bonchev–Trinajstić information content (AvgIpc) is 0.817. The van der Waals surface area contributed by atoms with E-state index in [4.69, 9.17) is 52.5 Å². The summed E-state index contributed by atoms with van der Waals surface area (Å²) in [6, 6.07) is 45.1. The zero-order valence-corrected chi connectivity index (χ0v) is 68.9. The van der Waals surface area contributed by atoms with E-state index in [2.05, 4.69) is 73.0 Å². The number of aliphatic hydroxyl groups is 1. The molecule has 0 heterocycles. The van der Waals surface area contributed by atoms with E-state index in [1.54, 1.807) is 62.3 Å². The van der Waals surface area contributed by atoms with E-state index < -0.39 is 143 Å². The molecule has 1 unspecified atom stereocenters. The van der Waals surface area contributed by atoms with Crippen LogP contribution in [0.1, 0.15) is 152 Å². The maximum atomic E-state index is 13.4. The first-order valence-corrected chi connectivity index (χ1v) is 42.2. The molecule has 4 N–H and O–H groups in total. The lowest BCUT2D eigenvalue weighted by atomic mass is 9.88. The summed E-state index contributed by atoms with van der Waals surface area (Å²) in [6.07, 6.45) is -6.44. The van der Waals surface area contributed by atoms with Crippen molar-refractivity contribution in [3.05, 3.63) is 179 Å². The molecule has 0 aromatic heterocycles. The Kier molecular flexibility index (Phi) is 37.6. The number of methoxy groups -OCH3 is 1. The fraction of sp³-hybridized carbons (Fsp3) is 0.542. The van der Waals surface area contributed by atoms with Crippen LogP contribution in [0.2, 0.25) is 36.3 Å². The molecular formula is C83H122N2O19Si2. The van der Waals surface area contributed by atoms with E-state index in [9.17, 15) is 43.5 Å². The van der Waals surface area contributed by atoms with Crippen molar-refractivity contribution in [2.75, 3.05) is 7.11 Å². The maximum absolute atomic E-state index is 13.4. The number of benzene rings is 5. The normalized spacial score (nSPS) is 15.6. The first-order chi connectivity index (χ1) is 49.3. The van der Waals surface area contributed by atoms with Gasteiger partial charge in [-0.25, -0.2) is 9.59 Å². The molecule has 0 aliphatic heterocycles. The van der Waals surface area contributed by atoms with Crippen molar-refractivity contribution < 1.29 is 90.2 Å². The first-order valence-electron chi connectivity index (χ1n) is 36.4. The van der Waals surface area contributed by atoms with Crippen LogP contribution in [0.25, 0.3) is 0 Å². The van der Waals surface area contributed by atoms with Crippen molar-refractivity contribution in [1.29, 1.82) is 0 Å². The van der Waals surface area contributed by atoms with Crippen LogP contribution in [0.15, 0.2) is 152 Å². The molecule has 0 aliphatic carbocycles. The summed E-state index contributed by atoms with van der Waals surface area (Å²) < 4.78 is 57.5. The Balaban J connectivity index is 0.000000416. The number of aliphatic hydroxyl groups excluding tert-OH is 1. The minimum atomic E-state index is -2.37. The Morgan fingerprint density at radius 2 is 0.783 bits per heavy atom. The van der Waals surface area contributed by atoms with Gasteiger partial charge in [0.2, 0.25) is 0 Å². The number of hydrogen-bond acceptors (Lipinski definition) is 20. The zero-order chi connectivity index (χ0) is 80.1. The van der Waals surface area contributed by atoms with Gasteiger partial charge < -0.3 is 62.9 Å². The standard InChI is InChI=1S/C29H37NO8.C29H49NO7Si.C25H36O4Si/c1-18(2)27(32)38-26(20(4)37-29(34)25(30)19(3)36-21(5)31)24(16-22-12-8-6-9-13-22)28(33)35-17-23-14-10-7-11-15-23;1-19(31)23(18-22-16-14-13-15-17-22)25(37-38(11,12)29(7,8)9)21(3)35-26(32)24(20(2)34-10)30-27(33)36-28(4,5)6;1-19(26)23(29-30(5,6)25(2,3)4)22(17-20-13-9-7-10-14-20)24(27)28-18-21-15-11-8-12-16-21/h6-15,18-20,24-26H,16-17,30H2,1-5H3;13-17,20-21,23-25H,18H2,1-12H3,(H,30,33);7-16,19,22-23,26H,17-18H2,1-6H3/t19-,20+,24-,25+,26+;20-,21-,23-,24?,25-;19-,22+,23-/m100/s1. The molecule has 23 heteroatoms. The number of carbonyl (C=O) groups excluding carboxylic acids is 8. The average molecular weight is 1510 g/mol. The molecule has 0 saturated carbocycles. The monoisotopic (exact) mass is 1510 g/mol. The van der Waals surface area contributed by atoms with Gasteiger partial charge in [0.25, 0.3) is 0 Å². The molecular weight excluding hydrogens is 1390 g/mol. The van der Waals surface area contributed by atoms with Crippen LogP contribution in [0, 0.1) is 23.7 Å². The largest absolute Gasteiger partial charge is 0.461 e. The summed E-state index contributed by atoms with van der Waals surface area (Å²) >= 11 is 0. The molecule has 0 fully saturated rings. The minimum Gasteiger partial charge on any atom is -0.461 e. The fourth-order valence-corrected chi connectivity index (χ4v) is 13.2. The first kappa shape index (κ1) is 92.3. The number of amides is 1. The highest BCUT2D eigenvalue weighted by Gasteiger charge is 2.47. The second-order valence-electron chi connectivity index (χ2n) is 31.4. The van der Waals surface area contributed by atoms with Crippen LogP contribution >= 0.6 is 0 Å². The molecule has 0 spiro atoms. The highest BCUT2D eigenvalue weighted by atomic mass is 28.4. The van der Waals surface area contributed by atoms with E-state index in [0.29, 0.717) is 12.8 Å². The Labute approximate surface area is 632 Å². The van der Waals surface area contributed by atoms with Crippen LogP contribution in [-0.2, 0) is 113 Å². The van der Waals surface area contributed by atoms with Crippen LogP contribution in [0.5, 0.6) is 0 Å². The van der Waals surface area contributed by atoms with Crippen LogP contribution in [0.3, 0.4) is 0 Å². The molecule has 0 aliphatic rings. The van der Waals surface area contributed by atoms with E-state index in [0.717, 1.165) is 27.8 Å². The highest BCUT2D eigenvalue weighted by Crippen LogP contribution is 2.41. The number of ketones is 1. The third-order valence-corrected chi connectivity index (χ3v) is 27.7. The van der Waals surface area contributed by atoms with Gasteiger partial charge in [0.1, 0.15) is 54.9 Å². The molecule has 0 bridgehead atoms. The van der Waals surface area contributed by atoms with Crippen molar-refractivity contribution in [1.82, 2.24) is 5.32 Å². The van der Waals surface area contributed by atoms with E-state index >= 15 is 0 Å². The lowest BCUT2D eigenvalue weighted by Gasteiger charge is -2.43. The smallest absolute Gasteiger partial charge is 0.408 e. The number of hydrogen-bond donors (Lipinski definition) is 3. The molecule has 586 valence electrons. The molecule has 5 rings (SSSR count). The molecule has 5 aromatic rings. The molecule has 13 atom stereocenters. The van der Waals surface area contributed by atoms with Crippen LogP contribution < -0.4 is 11.1 Å². The van der Waals surface area contributed by atoms with Crippen molar-refractivity contribution in [2.24, 2.45) is 29.4 Å². The summed E-state index contributed by atoms with van der Waals surface area (Å²) in [5.41, 5.74) is 9.73. The van der Waals surface area contributed by atoms with Gasteiger partial charge >= 0.3 is 41.9 Å². The van der Waals surface area contributed by atoms with Gasteiger partial charge in [-0.15, -0.1) is 0 Å². The Morgan fingerprint density at radius 1 is 0.434 bits per heavy atom. The Bertz CT molecular complexity index is 3490. The number of esters is 6. The zero-order valence-electron chi connectivity index (χ0n) is 66.9. The topological polar surface area (TPSA) is 287 Å². The summed E-state index contributed by atoms with van der Waals surface area (Å²) in [5, 5.41) is 13.0. The predicted molar refractivity (Wildman–Crippen MR) is 415 cm³/mol. The molecule has 5 aromatic carbocycles. The van der Waals surface area contributed by atoms with Gasteiger partial charge in [-0.2, -0.15) is 0 Å². The quantitative estimate of drug-likeness (QED) is 0.0196. The third-order valence-electron chi connectivity index (χ3n) is 18.8. The van der Waals surface area contributed by atoms with Crippen LogP contribution in [-0.4, -0.2) is 143 Å². The van der Waals surface area contributed by atoms with Gasteiger partial charge in [0, 0.05) is 20.0 Å². The molecule has 1 amide bonds. The van der Waals surface area contributed by atoms with Gasteiger partial charge in [0.05, 0.1) is 36.3 Å². The number of nitrogens with one attached hydrogen (secondary N) is 1.